The molecule has 0 spiro atoms. The number of hydrogen-bond acceptors (Lipinski definition) is 6. The lowest BCUT2D eigenvalue weighted by Gasteiger charge is -2.05. The second kappa shape index (κ2) is 6.74. The van der Waals surface area contributed by atoms with Gasteiger partial charge in [-0.25, -0.2) is 9.78 Å². The minimum atomic E-state index is -0.769. The maximum Gasteiger partial charge on any atom is 0.350 e. The molecule has 0 aliphatic rings. The van der Waals surface area contributed by atoms with Gasteiger partial charge in [-0.15, -0.1) is 0 Å². The molecule has 0 saturated heterocycles. The Kier molecular flexibility index (Phi) is 4.76. The summed E-state index contributed by atoms with van der Waals surface area (Å²) in [6.07, 6.45) is 3.84. The Labute approximate surface area is 130 Å². The molecular weight excluding hydrogens is 308 g/mol. The highest BCUT2D eigenvalue weighted by Gasteiger charge is 2.10. The van der Waals surface area contributed by atoms with E-state index in [4.69, 9.17) is 21.6 Å². The predicted octanol–water partition coefficient (Wildman–Crippen LogP) is 1.73. The summed E-state index contributed by atoms with van der Waals surface area (Å²) in [5.41, 5.74) is -0.144. The zero-order chi connectivity index (χ0) is 16.1. The van der Waals surface area contributed by atoms with Crippen molar-refractivity contribution in [2.75, 3.05) is 11.9 Å². The number of fused-ring (bicyclic) bond motifs is 1. The maximum atomic E-state index is 12.3. The smallest absolute Gasteiger partial charge is 0.350 e. The third-order valence-electron chi connectivity index (χ3n) is 2.65. The highest BCUT2D eigenvalue weighted by atomic mass is 35.5. The van der Waals surface area contributed by atoms with Gasteiger partial charge in [0.25, 0.3) is 5.56 Å². The molecule has 0 fully saturated rings. The third-order valence-corrected chi connectivity index (χ3v) is 2.88. The van der Waals surface area contributed by atoms with Crippen LogP contribution >= 0.6 is 11.6 Å². The van der Waals surface area contributed by atoms with Gasteiger partial charge in [0.15, 0.2) is 5.57 Å². The number of anilines is 1. The van der Waals surface area contributed by atoms with E-state index in [0.717, 1.165) is 6.20 Å². The summed E-state index contributed by atoms with van der Waals surface area (Å²) in [5.74, 6) is -0.769. The van der Waals surface area contributed by atoms with Crippen LogP contribution < -0.4 is 10.9 Å². The first-order chi connectivity index (χ1) is 10.6. The van der Waals surface area contributed by atoms with Gasteiger partial charge >= 0.3 is 5.97 Å². The van der Waals surface area contributed by atoms with E-state index in [2.05, 4.69) is 10.3 Å². The Balaban J connectivity index is 2.36. The molecule has 0 aliphatic heterocycles. The van der Waals surface area contributed by atoms with E-state index in [1.165, 1.54) is 16.8 Å². The van der Waals surface area contributed by atoms with E-state index in [1.807, 2.05) is 0 Å². The van der Waals surface area contributed by atoms with Crippen molar-refractivity contribution in [3.63, 3.8) is 0 Å². The number of nitrogens with one attached hydrogen (secondary N) is 1. The van der Waals surface area contributed by atoms with E-state index in [9.17, 15) is 9.59 Å². The SMILES string of the molecule is CCOC(=O)/C(C#N)=C/Nc1cnc2ccc(Cl)cn2c1=O. The van der Waals surface area contributed by atoms with E-state index in [-0.39, 0.29) is 17.9 Å². The molecule has 7 nitrogen and oxygen atoms in total. The number of aromatic nitrogens is 2. The molecule has 2 aromatic rings. The number of nitrogens with zero attached hydrogens (tertiary/aromatic N) is 3. The van der Waals surface area contributed by atoms with Crippen molar-refractivity contribution in [2.24, 2.45) is 0 Å². The summed E-state index contributed by atoms with van der Waals surface area (Å²) >= 11 is 5.85. The lowest BCUT2D eigenvalue weighted by atomic mass is 10.3. The molecule has 0 atom stereocenters. The Morgan fingerprint density at radius 1 is 1.59 bits per heavy atom. The number of esters is 1. The van der Waals surface area contributed by atoms with Gasteiger partial charge in [-0.05, 0) is 19.1 Å². The molecule has 1 N–H and O–H groups in total. The molecule has 0 radical (unpaired) electrons. The summed E-state index contributed by atoms with van der Waals surface area (Å²) in [4.78, 5) is 27.8. The fourth-order valence-corrected chi connectivity index (χ4v) is 1.81. The van der Waals surface area contributed by atoms with Crippen LogP contribution in [-0.4, -0.2) is 22.0 Å². The van der Waals surface area contributed by atoms with Crippen molar-refractivity contribution < 1.29 is 9.53 Å². The molecule has 112 valence electrons. The van der Waals surface area contributed by atoms with E-state index in [0.29, 0.717) is 10.7 Å². The van der Waals surface area contributed by atoms with Gasteiger partial charge in [0, 0.05) is 12.4 Å². The Morgan fingerprint density at radius 3 is 3.05 bits per heavy atom. The predicted molar refractivity (Wildman–Crippen MR) is 80.4 cm³/mol. The Hall–Kier alpha value is -2.85. The van der Waals surface area contributed by atoms with Crippen LogP contribution in [0.5, 0.6) is 0 Å². The third kappa shape index (κ3) is 3.24. The number of ether oxygens (including phenoxy) is 1. The van der Waals surface area contributed by atoms with Gasteiger partial charge in [0.05, 0.1) is 17.8 Å². The number of rotatable bonds is 4. The molecule has 0 unspecified atom stereocenters. The average Bonchev–Trinajstić information content (AvgIpc) is 2.50. The zero-order valence-corrected chi connectivity index (χ0v) is 12.3. The lowest BCUT2D eigenvalue weighted by molar-refractivity contribution is -0.138. The number of carbonyl (C=O) groups is 1. The summed E-state index contributed by atoms with van der Waals surface area (Å²) in [6, 6.07) is 4.91. The Bertz CT molecular complexity index is 851. The normalized spacial score (nSPS) is 11.0. The molecule has 2 heterocycles. The number of hydrogen-bond donors (Lipinski definition) is 1. The minimum absolute atomic E-state index is 0.0943. The first-order valence-corrected chi connectivity index (χ1v) is 6.65. The van der Waals surface area contributed by atoms with Crippen molar-refractivity contribution in [3.8, 4) is 6.07 Å². The van der Waals surface area contributed by atoms with Crippen molar-refractivity contribution in [2.45, 2.75) is 6.92 Å². The monoisotopic (exact) mass is 318 g/mol. The lowest BCUT2D eigenvalue weighted by Crippen LogP contribution is -2.18. The van der Waals surface area contributed by atoms with Crippen LogP contribution in [-0.2, 0) is 9.53 Å². The number of halogens is 1. The summed E-state index contributed by atoms with van der Waals surface area (Å²) < 4.78 is 5.97. The first kappa shape index (κ1) is 15.5. The van der Waals surface area contributed by atoms with Gasteiger partial charge in [-0.2, -0.15) is 5.26 Å². The summed E-state index contributed by atoms with van der Waals surface area (Å²) in [7, 11) is 0. The maximum absolute atomic E-state index is 12.3. The highest BCUT2D eigenvalue weighted by Crippen LogP contribution is 2.09. The molecular formula is C14H11ClN4O3. The van der Waals surface area contributed by atoms with Gasteiger partial charge in [0.1, 0.15) is 17.4 Å². The van der Waals surface area contributed by atoms with Gasteiger partial charge in [-0.3, -0.25) is 9.20 Å². The summed E-state index contributed by atoms with van der Waals surface area (Å²) in [6.45, 7) is 1.78. The zero-order valence-electron chi connectivity index (χ0n) is 11.5. The molecule has 0 aromatic carbocycles. The molecule has 0 aliphatic carbocycles. The van der Waals surface area contributed by atoms with Gasteiger partial charge in [-0.1, -0.05) is 11.6 Å². The standard InChI is InChI=1S/C14H11ClN4O3/c1-2-22-14(21)9(5-16)6-17-11-7-18-12-4-3-10(15)8-19(12)13(11)20/h3-4,6-8,17H,2H2,1H3/b9-6+. The number of carbonyl (C=O) groups excluding carboxylic acids is 1. The second-order valence-corrected chi connectivity index (χ2v) is 4.52. The largest absolute Gasteiger partial charge is 0.462 e. The quantitative estimate of drug-likeness (QED) is 0.524. The Morgan fingerprint density at radius 2 is 2.36 bits per heavy atom. The molecule has 0 bridgehead atoms. The van der Waals surface area contributed by atoms with Crippen LogP contribution in [0.1, 0.15) is 6.92 Å². The minimum Gasteiger partial charge on any atom is -0.462 e. The van der Waals surface area contributed by atoms with Crippen molar-refractivity contribution >= 4 is 28.9 Å². The molecule has 8 heteroatoms. The van der Waals surface area contributed by atoms with Crippen molar-refractivity contribution in [1.82, 2.24) is 9.38 Å². The first-order valence-electron chi connectivity index (χ1n) is 6.27. The van der Waals surface area contributed by atoms with Crippen molar-refractivity contribution in [1.29, 1.82) is 5.26 Å². The molecule has 0 amide bonds. The fourth-order valence-electron chi connectivity index (χ4n) is 1.65. The molecule has 22 heavy (non-hydrogen) atoms. The second-order valence-electron chi connectivity index (χ2n) is 4.09. The summed E-state index contributed by atoms with van der Waals surface area (Å²) in [5, 5.41) is 11.9. The van der Waals surface area contributed by atoms with E-state index in [1.54, 1.807) is 25.1 Å². The number of nitriles is 1. The van der Waals surface area contributed by atoms with E-state index < -0.39 is 11.5 Å². The van der Waals surface area contributed by atoms with Crippen molar-refractivity contribution in [3.05, 3.63) is 51.7 Å². The van der Waals surface area contributed by atoms with Gasteiger partial charge < -0.3 is 10.1 Å². The molecule has 2 aromatic heterocycles. The fraction of sp³-hybridized carbons (Fsp3) is 0.143. The van der Waals surface area contributed by atoms with E-state index >= 15 is 0 Å². The van der Waals surface area contributed by atoms with Crippen LogP contribution in [0.3, 0.4) is 0 Å². The van der Waals surface area contributed by atoms with Gasteiger partial charge in [0.2, 0.25) is 0 Å². The van der Waals surface area contributed by atoms with Crippen LogP contribution in [0.2, 0.25) is 5.02 Å². The van der Waals surface area contributed by atoms with Crippen LogP contribution in [0.25, 0.3) is 5.65 Å². The van der Waals surface area contributed by atoms with Crippen LogP contribution in [0, 0.1) is 11.3 Å². The average molecular weight is 319 g/mol. The number of pyridine rings is 1. The molecule has 0 saturated carbocycles. The van der Waals surface area contributed by atoms with Crippen LogP contribution in [0.15, 0.2) is 41.1 Å². The molecule has 2 rings (SSSR count). The topological polar surface area (TPSA) is 96.5 Å². The highest BCUT2D eigenvalue weighted by molar-refractivity contribution is 6.30. The van der Waals surface area contributed by atoms with Crippen LogP contribution in [0.4, 0.5) is 5.69 Å².